The maximum absolute atomic E-state index is 13.8. The summed E-state index contributed by atoms with van der Waals surface area (Å²) in [4.78, 5) is 21.5. The SMILES string of the molecule is CN(C)c1ccc(/C=c2/sc3n(c2=O)[C@H](c2ccc(F)cc2)C2=C(N=3)c3ccccc3CC2)cc1. The van der Waals surface area contributed by atoms with E-state index < -0.39 is 0 Å². The average molecular weight is 482 g/mol. The molecule has 6 heteroatoms. The molecule has 3 aromatic carbocycles. The highest BCUT2D eigenvalue weighted by Crippen LogP contribution is 2.41. The van der Waals surface area contributed by atoms with E-state index in [4.69, 9.17) is 4.99 Å². The van der Waals surface area contributed by atoms with Gasteiger partial charge in [0.2, 0.25) is 0 Å². The molecular weight excluding hydrogens is 457 g/mol. The van der Waals surface area contributed by atoms with E-state index >= 15 is 0 Å². The van der Waals surface area contributed by atoms with Crippen molar-refractivity contribution in [1.82, 2.24) is 4.57 Å². The minimum atomic E-state index is -0.298. The predicted molar refractivity (Wildman–Crippen MR) is 140 cm³/mol. The summed E-state index contributed by atoms with van der Waals surface area (Å²) in [6.07, 6.45) is 3.64. The molecule has 0 unspecified atom stereocenters. The number of benzene rings is 3. The van der Waals surface area contributed by atoms with Crippen molar-refractivity contribution in [3.05, 3.63) is 126 Å². The zero-order valence-electron chi connectivity index (χ0n) is 19.5. The van der Waals surface area contributed by atoms with Crippen molar-refractivity contribution in [2.45, 2.75) is 18.9 Å². The summed E-state index contributed by atoms with van der Waals surface area (Å²) < 4.78 is 16.2. The Labute approximate surface area is 206 Å². The Kier molecular flexibility index (Phi) is 5.26. The van der Waals surface area contributed by atoms with Crippen LogP contribution in [0.2, 0.25) is 0 Å². The molecule has 0 radical (unpaired) electrons. The number of halogens is 1. The van der Waals surface area contributed by atoms with E-state index in [0.29, 0.717) is 9.33 Å². The zero-order valence-corrected chi connectivity index (χ0v) is 20.3. The summed E-state index contributed by atoms with van der Waals surface area (Å²) >= 11 is 1.41. The van der Waals surface area contributed by atoms with Gasteiger partial charge in [0.25, 0.3) is 5.56 Å². The molecule has 174 valence electrons. The van der Waals surface area contributed by atoms with Crippen LogP contribution in [-0.4, -0.2) is 18.7 Å². The normalized spacial score (nSPS) is 16.9. The van der Waals surface area contributed by atoms with Crippen molar-refractivity contribution in [3.8, 4) is 0 Å². The van der Waals surface area contributed by atoms with E-state index in [1.807, 2.05) is 55.4 Å². The molecule has 0 saturated carbocycles. The Morgan fingerprint density at radius 1 is 1.00 bits per heavy atom. The monoisotopic (exact) mass is 481 g/mol. The number of anilines is 1. The Balaban J connectivity index is 1.57. The van der Waals surface area contributed by atoms with Gasteiger partial charge in [0.15, 0.2) is 4.80 Å². The Morgan fingerprint density at radius 2 is 1.74 bits per heavy atom. The molecule has 0 fully saturated rings. The molecule has 0 spiro atoms. The van der Waals surface area contributed by atoms with Crippen LogP contribution in [0.4, 0.5) is 10.1 Å². The summed E-state index contributed by atoms with van der Waals surface area (Å²) in [5.41, 5.74) is 7.36. The number of hydrogen-bond donors (Lipinski definition) is 0. The summed E-state index contributed by atoms with van der Waals surface area (Å²) in [6.45, 7) is 0. The molecule has 0 bridgehead atoms. The average Bonchev–Trinajstić information content (AvgIpc) is 3.18. The highest BCUT2D eigenvalue weighted by Gasteiger charge is 2.32. The lowest BCUT2D eigenvalue weighted by Crippen LogP contribution is -2.38. The van der Waals surface area contributed by atoms with Crippen molar-refractivity contribution in [2.24, 2.45) is 4.99 Å². The lowest BCUT2D eigenvalue weighted by atomic mass is 9.83. The molecule has 1 atom stereocenters. The predicted octanol–water partition coefficient (Wildman–Crippen LogP) is 4.52. The third-order valence-corrected chi connectivity index (χ3v) is 7.75. The van der Waals surface area contributed by atoms with E-state index in [0.717, 1.165) is 46.5 Å². The van der Waals surface area contributed by atoms with Gasteiger partial charge < -0.3 is 4.90 Å². The van der Waals surface area contributed by atoms with Crippen molar-refractivity contribution >= 4 is 28.8 Å². The smallest absolute Gasteiger partial charge is 0.271 e. The molecule has 35 heavy (non-hydrogen) atoms. The number of nitrogens with zero attached hydrogens (tertiary/aromatic N) is 3. The number of rotatable bonds is 3. The molecular formula is C29H24FN3OS. The molecule has 2 aliphatic rings. The molecule has 1 aliphatic carbocycles. The molecule has 1 aromatic heterocycles. The first-order valence-electron chi connectivity index (χ1n) is 11.7. The van der Waals surface area contributed by atoms with E-state index in [1.165, 1.54) is 29.0 Å². The fourth-order valence-corrected chi connectivity index (χ4v) is 5.99. The molecule has 0 N–H and O–H groups in total. The van der Waals surface area contributed by atoms with Crippen LogP contribution in [0.5, 0.6) is 0 Å². The largest absolute Gasteiger partial charge is 0.378 e. The Hall–Kier alpha value is -3.77. The molecule has 4 aromatic rings. The number of hydrogen-bond acceptors (Lipinski definition) is 4. The third kappa shape index (κ3) is 3.74. The quantitative estimate of drug-likeness (QED) is 0.431. The molecule has 2 heterocycles. The van der Waals surface area contributed by atoms with Crippen LogP contribution in [0.1, 0.15) is 34.7 Å². The van der Waals surface area contributed by atoms with Gasteiger partial charge in [0, 0.05) is 25.3 Å². The lowest BCUT2D eigenvalue weighted by Gasteiger charge is -2.30. The van der Waals surface area contributed by atoms with Crippen LogP contribution in [0, 0.1) is 5.82 Å². The van der Waals surface area contributed by atoms with Crippen LogP contribution < -0.4 is 19.8 Å². The maximum atomic E-state index is 13.8. The van der Waals surface area contributed by atoms with Crippen LogP contribution >= 0.6 is 11.3 Å². The Morgan fingerprint density at radius 3 is 2.49 bits per heavy atom. The maximum Gasteiger partial charge on any atom is 0.271 e. The fourth-order valence-electron chi connectivity index (χ4n) is 4.99. The standard InChI is InChI=1S/C29H24FN3OS/c1-32(2)22-14-7-18(8-15-22)17-25-28(34)33-27(20-9-12-21(30)13-10-20)24-16-11-19-5-3-4-6-23(19)26(24)31-29(33)35-25/h3-10,12-15,17,27H,11,16H2,1-2H3/b25-17+/t27-/m1/s1. The number of allylic oxidation sites excluding steroid dienone is 1. The van der Waals surface area contributed by atoms with Gasteiger partial charge in [-0.2, -0.15) is 0 Å². The van der Waals surface area contributed by atoms with Crippen LogP contribution in [0.15, 0.2) is 88.2 Å². The van der Waals surface area contributed by atoms with Gasteiger partial charge in [-0.1, -0.05) is 59.9 Å². The summed E-state index contributed by atoms with van der Waals surface area (Å²) in [6, 6.07) is 22.7. The van der Waals surface area contributed by atoms with Crippen molar-refractivity contribution < 1.29 is 4.39 Å². The minimum Gasteiger partial charge on any atom is -0.378 e. The van der Waals surface area contributed by atoms with Gasteiger partial charge >= 0.3 is 0 Å². The van der Waals surface area contributed by atoms with Crippen molar-refractivity contribution in [2.75, 3.05) is 19.0 Å². The second-order valence-corrected chi connectivity index (χ2v) is 10.2. The first kappa shape index (κ1) is 21.7. The summed E-state index contributed by atoms with van der Waals surface area (Å²) in [5.74, 6) is -0.287. The number of fused-ring (bicyclic) bond motifs is 3. The molecule has 0 saturated heterocycles. The lowest BCUT2D eigenvalue weighted by molar-refractivity contribution is 0.581. The van der Waals surface area contributed by atoms with E-state index in [9.17, 15) is 9.18 Å². The second kappa shape index (κ2) is 8.47. The van der Waals surface area contributed by atoms with Crippen molar-refractivity contribution in [1.29, 1.82) is 0 Å². The summed E-state index contributed by atoms with van der Waals surface area (Å²) in [7, 11) is 4.00. The van der Waals surface area contributed by atoms with Gasteiger partial charge in [-0.25, -0.2) is 9.38 Å². The fraction of sp³-hybridized carbons (Fsp3) is 0.172. The first-order chi connectivity index (χ1) is 17.0. The highest BCUT2D eigenvalue weighted by atomic mass is 32.1. The van der Waals surface area contributed by atoms with E-state index in [-0.39, 0.29) is 17.4 Å². The van der Waals surface area contributed by atoms with Crippen LogP contribution in [-0.2, 0) is 6.42 Å². The van der Waals surface area contributed by atoms with Gasteiger partial charge in [0.1, 0.15) is 5.82 Å². The van der Waals surface area contributed by atoms with Crippen LogP contribution in [0.3, 0.4) is 0 Å². The molecule has 1 aliphatic heterocycles. The topological polar surface area (TPSA) is 37.6 Å². The number of thiazole rings is 1. The van der Waals surface area contributed by atoms with Gasteiger partial charge in [0.05, 0.1) is 16.3 Å². The third-order valence-electron chi connectivity index (χ3n) is 6.77. The van der Waals surface area contributed by atoms with Crippen LogP contribution in [0.25, 0.3) is 11.8 Å². The first-order valence-corrected chi connectivity index (χ1v) is 12.5. The Bertz CT molecular complexity index is 1640. The van der Waals surface area contributed by atoms with Crippen molar-refractivity contribution in [3.63, 3.8) is 0 Å². The van der Waals surface area contributed by atoms with Gasteiger partial charge in [-0.05, 0) is 65.4 Å². The highest BCUT2D eigenvalue weighted by molar-refractivity contribution is 7.07. The van der Waals surface area contributed by atoms with Gasteiger partial charge in [-0.15, -0.1) is 0 Å². The summed E-state index contributed by atoms with van der Waals surface area (Å²) in [5, 5.41) is 0. The molecule has 4 nitrogen and oxygen atoms in total. The van der Waals surface area contributed by atoms with E-state index in [1.54, 1.807) is 16.7 Å². The molecule has 0 amide bonds. The minimum absolute atomic E-state index is 0.0647. The number of aromatic nitrogens is 1. The van der Waals surface area contributed by atoms with E-state index in [2.05, 4.69) is 18.2 Å². The molecule has 6 rings (SSSR count). The van der Waals surface area contributed by atoms with Gasteiger partial charge in [-0.3, -0.25) is 9.36 Å². The number of aryl methyl sites for hydroxylation is 1. The second-order valence-electron chi connectivity index (χ2n) is 9.15. The zero-order chi connectivity index (χ0) is 24.1.